The Labute approximate surface area is 144 Å². The van der Waals surface area contributed by atoms with Crippen LogP contribution in [0.3, 0.4) is 0 Å². The Morgan fingerprint density at radius 2 is 2.13 bits per heavy atom. The van der Waals surface area contributed by atoms with Crippen molar-refractivity contribution < 1.29 is 9.47 Å². The van der Waals surface area contributed by atoms with Crippen molar-refractivity contribution in [2.75, 3.05) is 13.2 Å². The van der Waals surface area contributed by atoms with Crippen molar-refractivity contribution in [2.45, 2.75) is 38.7 Å². The smallest absolute Gasteiger partial charge is 0.163 e. The van der Waals surface area contributed by atoms with Crippen LogP contribution in [0.25, 0.3) is 0 Å². The number of rotatable bonds is 5. The zero-order valence-corrected chi connectivity index (χ0v) is 14.7. The van der Waals surface area contributed by atoms with Gasteiger partial charge in [0.1, 0.15) is 0 Å². The first-order chi connectivity index (χ1) is 11.0. The van der Waals surface area contributed by atoms with Gasteiger partial charge < -0.3 is 14.4 Å². The maximum atomic E-state index is 6.04. The van der Waals surface area contributed by atoms with Crippen LogP contribution in [0.5, 0.6) is 0 Å². The SMILES string of the molecule is C=C[C@@H]([C@@H]1CCN(Cc2ccccc2)C1=S)[C@H]1COC(C)(C)O1. The average molecular weight is 331 g/mol. The van der Waals surface area contributed by atoms with Gasteiger partial charge in [-0.05, 0) is 25.8 Å². The molecule has 2 fully saturated rings. The number of benzene rings is 1. The first kappa shape index (κ1) is 16.6. The summed E-state index contributed by atoms with van der Waals surface area (Å²) in [6, 6.07) is 10.5. The summed E-state index contributed by atoms with van der Waals surface area (Å²) in [6.45, 7) is 10.4. The maximum absolute atomic E-state index is 6.04. The van der Waals surface area contributed by atoms with Crippen molar-refractivity contribution in [3.8, 4) is 0 Å². The van der Waals surface area contributed by atoms with Crippen molar-refractivity contribution in [1.29, 1.82) is 0 Å². The highest BCUT2D eigenvalue weighted by Gasteiger charge is 2.42. The molecule has 23 heavy (non-hydrogen) atoms. The van der Waals surface area contributed by atoms with Gasteiger partial charge >= 0.3 is 0 Å². The van der Waals surface area contributed by atoms with Gasteiger partial charge in [0.05, 0.1) is 17.7 Å². The van der Waals surface area contributed by atoms with E-state index >= 15 is 0 Å². The highest BCUT2D eigenvalue weighted by Crippen LogP contribution is 2.36. The number of thiocarbonyl (C=S) groups is 1. The van der Waals surface area contributed by atoms with E-state index in [2.05, 4.69) is 35.7 Å². The van der Waals surface area contributed by atoms with Crippen molar-refractivity contribution in [2.24, 2.45) is 11.8 Å². The Balaban J connectivity index is 1.66. The van der Waals surface area contributed by atoms with E-state index in [1.54, 1.807) is 0 Å². The molecule has 0 saturated carbocycles. The average Bonchev–Trinajstić information content (AvgIpc) is 3.06. The summed E-state index contributed by atoms with van der Waals surface area (Å²) in [6.07, 6.45) is 3.10. The summed E-state index contributed by atoms with van der Waals surface area (Å²) in [7, 11) is 0. The Morgan fingerprint density at radius 1 is 1.39 bits per heavy atom. The molecule has 2 saturated heterocycles. The summed E-state index contributed by atoms with van der Waals surface area (Å²) in [4.78, 5) is 3.35. The number of likely N-dealkylation sites (tertiary alicyclic amines) is 1. The molecule has 3 atom stereocenters. The number of ether oxygens (including phenoxy) is 2. The van der Waals surface area contributed by atoms with Crippen LogP contribution in [0.1, 0.15) is 25.8 Å². The van der Waals surface area contributed by atoms with E-state index in [9.17, 15) is 0 Å². The van der Waals surface area contributed by atoms with Crippen molar-refractivity contribution in [3.05, 3.63) is 48.6 Å². The fourth-order valence-corrected chi connectivity index (χ4v) is 3.99. The molecule has 4 heteroatoms. The van der Waals surface area contributed by atoms with E-state index in [0.717, 1.165) is 24.5 Å². The predicted molar refractivity (Wildman–Crippen MR) is 96.1 cm³/mol. The summed E-state index contributed by atoms with van der Waals surface area (Å²) in [5, 5.41) is 0. The molecule has 3 nitrogen and oxygen atoms in total. The minimum Gasteiger partial charge on any atom is -0.362 e. The third-order valence-electron chi connectivity index (χ3n) is 4.75. The molecule has 1 aromatic rings. The van der Waals surface area contributed by atoms with Gasteiger partial charge in [-0.3, -0.25) is 0 Å². The highest BCUT2D eigenvalue weighted by atomic mass is 32.1. The van der Waals surface area contributed by atoms with Crippen molar-refractivity contribution in [3.63, 3.8) is 0 Å². The van der Waals surface area contributed by atoms with Gasteiger partial charge in [0.25, 0.3) is 0 Å². The molecule has 2 aliphatic rings. The van der Waals surface area contributed by atoms with Crippen LogP contribution in [0.2, 0.25) is 0 Å². The van der Waals surface area contributed by atoms with E-state index in [4.69, 9.17) is 21.7 Å². The van der Waals surface area contributed by atoms with E-state index in [-0.39, 0.29) is 12.0 Å². The van der Waals surface area contributed by atoms with Crippen LogP contribution >= 0.6 is 12.2 Å². The van der Waals surface area contributed by atoms with Gasteiger partial charge in [-0.25, -0.2) is 0 Å². The number of nitrogens with zero attached hydrogens (tertiary/aromatic N) is 1. The van der Waals surface area contributed by atoms with E-state index in [0.29, 0.717) is 12.5 Å². The van der Waals surface area contributed by atoms with Gasteiger partial charge in [0.2, 0.25) is 0 Å². The first-order valence-corrected chi connectivity index (χ1v) is 8.68. The minimum absolute atomic E-state index is 0.0436. The molecular formula is C19H25NO2S. The Hall–Kier alpha value is -1.23. The normalized spacial score (nSPS) is 28.1. The van der Waals surface area contributed by atoms with Gasteiger partial charge in [-0.15, -0.1) is 6.58 Å². The largest absolute Gasteiger partial charge is 0.362 e. The second-order valence-electron chi connectivity index (χ2n) is 6.82. The topological polar surface area (TPSA) is 21.7 Å². The zero-order valence-electron chi connectivity index (χ0n) is 13.9. The van der Waals surface area contributed by atoms with Crippen LogP contribution in [0, 0.1) is 11.8 Å². The Morgan fingerprint density at radius 3 is 2.74 bits per heavy atom. The molecule has 0 amide bonds. The van der Waals surface area contributed by atoms with Crippen LogP contribution < -0.4 is 0 Å². The summed E-state index contributed by atoms with van der Waals surface area (Å²) < 4.78 is 11.8. The second kappa shape index (κ2) is 6.71. The van der Waals surface area contributed by atoms with E-state index in [1.807, 2.05) is 26.0 Å². The summed E-state index contributed by atoms with van der Waals surface area (Å²) in [5.41, 5.74) is 1.30. The molecule has 0 N–H and O–H groups in total. The molecule has 2 aliphatic heterocycles. The lowest BCUT2D eigenvalue weighted by Crippen LogP contribution is -2.34. The van der Waals surface area contributed by atoms with Crippen LogP contribution in [-0.2, 0) is 16.0 Å². The minimum atomic E-state index is -0.504. The van der Waals surface area contributed by atoms with E-state index in [1.165, 1.54) is 5.56 Å². The number of hydrogen-bond donors (Lipinski definition) is 0. The molecule has 0 spiro atoms. The monoisotopic (exact) mass is 331 g/mol. The van der Waals surface area contributed by atoms with E-state index < -0.39 is 5.79 Å². The van der Waals surface area contributed by atoms with Gasteiger partial charge in [-0.2, -0.15) is 0 Å². The highest BCUT2D eigenvalue weighted by molar-refractivity contribution is 7.80. The molecule has 1 aromatic carbocycles. The summed E-state index contributed by atoms with van der Waals surface area (Å²) >= 11 is 5.78. The third kappa shape index (κ3) is 3.65. The molecule has 3 rings (SSSR count). The van der Waals surface area contributed by atoms with Gasteiger partial charge in [-0.1, -0.05) is 48.6 Å². The van der Waals surface area contributed by atoms with Crippen molar-refractivity contribution in [1.82, 2.24) is 4.90 Å². The molecule has 0 aliphatic carbocycles. The fourth-order valence-electron chi connectivity index (χ4n) is 3.56. The third-order valence-corrected chi connectivity index (χ3v) is 5.31. The van der Waals surface area contributed by atoms with Crippen molar-refractivity contribution >= 4 is 17.2 Å². The zero-order chi connectivity index (χ0) is 16.4. The molecule has 124 valence electrons. The fraction of sp³-hybridized carbons (Fsp3) is 0.526. The van der Waals surface area contributed by atoms with Crippen LogP contribution in [0.15, 0.2) is 43.0 Å². The number of hydrogen-bond acceptors (Lipinski definition) is 3. The standard InChI is InChI=1S/C19H25NO2S/c1-4-15(17-13-21-19(2,3)22-17)16-10-11-20(18(16)23)12-14-8-6-5-7-9-14/h4-9,15-17H,1,10-13H2,2-3H3/t15-,16-,17+/m0/s1. The lowest BCUT2D eigenvalue weighted by Gasteiger charge is -2.27. The lowest BCUT2D eigenvalue weighted by atomic mass is 9.87. The summed E-state index contributed by atoms with van der Waals surface area (Å²) in [5.74, 6) is 0.0225. The van der Waals surface area contributed by atoms with Crippen LogP contribution in [-0.4, -0.2) is 34.9 Å². The molecule has 2 heterocycles. The van der Waals surface area contributed by atoms with Gasteiger partial charge in [0.15, 0.2) is 5.79 Å². The first-order valence-electron chi connectivity index (χ1n) is 8.27. The molecule has 0 aromatic heterocycles. The second-order valence-corrected chi connectivity index (χ2v) is 7.24. The molecular weight excluding hydrogens is 306 g/mol. The quantitative estimate of drug-likeness (QED) is 0.604. The molecule has 0 radical (unpaired) electrons. The lowest BCUT2D eigenvalue weighted by molar-refractivity contribution is -0.143. The predicted octanol–water partition coefficient (Wildman–Crippen LogP) is 3.79. The van der Waals surface area contributed by atoms with Crippen LogP contribution in [0.4, 0.5) is 0 Å². The molecule has 0 unspecified atom stereocenters. The van der Waals surface area contributed by atoms with Gasteiger partial charge in [0, 0.05) is 24.9 Å². The molecule has 0 bridgehead atoms. The Kier molecular flexibility index (Phi) is 4.85. The Bertz CT molecular complexity index is 572. The maximum Gasteiger partial charge on any atom is 0.163 e.